The zero-order valence-corrected chi connectivity index (χ0v) is 13.9. The maximum Gasteiger partial charge on any atom is 0.0868 e. The third-order valence-corrected chi connectivity index (χ3v) is 5.09. The smallest absolute Gasteiger partial charge is 0.0868 e. The fraction of sp³-hybridized carbons (Fsp3) is 0.647. The molecule has 0 amide bonds. The average molecular weight is 312 g/mol. The van der Waals surface area contributed by atoms with Crippen molar-refractivity contribution in [3.8, 4) is 0 Å². The van der Waals surface area contributed by atoms with Crippen molar-refractivity contribution in [2.45, 2.75) is 50.7 Å². The Morgan fingerprint density at radius 1 is 1.19 bits per heavy atom. The molecule has 3 nitrogen and oxygen atoms in total. The van der Waals surface area contributed by atoms with Gasteiger partial charge in [0.2, 0.25) is 0 Å². The SMILES string of the molecule is CC(C)(C)N1CCC(c2ccc(Cl)cc2)(C(O)CO)CC1. The van der Waals surface area contributed by atoms with Gasteiger partial charge in [0.15, 0.2) is 0 Å². The van der Waals surface area contributed by atoms with Gasteiger partial charge in [0.25, 0.3) is 0 Å². The van der Waals surface area contributed by atoms with Crippen molar-refractivity contribution >= 4 is 11.6 Å². The average Bonchev–Trinajstić information content (AvgIpc) is 2.46. The lowest BCUT2D eigenvalue weighted by atomic mass is 9.68. The summed E-state index contributed by atoms with van der Waals surface area (Å²) >= 11 is 5.97. The second-order valence-corrected chi connectivity index (χ2v) is 7.46. The van der Waals surface area contributed by atoms with Gasteiger partial charge in [0.1, 0.15) is 0 Å². The summed E-state index contributed by atoms with van der Waals surface area (Å²) in [5.74, 6) is 0. The summed E-state index contributed by atoms with van der Waals surface area (Å²) in [7, 11) is 0. The Kier molecular flexibility index (Phi) is 4.99. The molecule has 1 aromatic carbocycles. The first-order valence-corrected chi connectivity index (χ1v) is 7.97. The second-order valence-electron chi connectivity index (χ2n) is 7.02. The van der Waals surface area contributed by atoms with Crippen LogP contribution in [0.4, 0.5) is 0 Å². The molecule has 118 valence electrons. The predicted molar refractivity (Wildman–Crippen MR) is 86.8 cm³/mol. The number of piperidine rings is 1. The summed E-state index contributed by atoms with van der Waals surface area (Å²) in [4.78, 5) is 2.44. The highest BCUT2D eigenvalue weighted by Crippen LogP contribution is 2.40. The van der Waals surface area contributed by atoms with E-state index in [0.717, 1.165) is 31.5 Å². The van der Waals surface area contributed by atoms with Gasteiger partial charge in [-0.2, -0.15) is 0 Å². The van der Waals surface area contributed by atoms with E-state index in [1.807, 2.05) is 24.3 Å². The van der Waals surface area contributed by atoms with Gasteiger partial charge in [0.05, 0.1) is 12.7 Å². The highest BCUT2D eigenvalue weighted by atomic mass is 35.5. The van der Waals surface area contributed by atoms with Gasteiger partial charge in [-0.15, -0.1) is 0 Å². The van der Waals surface area contributed by atoms with Crippen LogP contribution < -0.4 is 0 Å². The van der Waals surface area contributed by atoms with E-state index in [2.05, 4.69) is 25.7 Å². The molecular weight excluding hydrogens is 286 g/mol. The predicted octanol–water partition coefficient (Wildman–Crippen LogP) is 2.83. The van der Waals surface area contributed by atoms with E-state index in [9.17, 15) is 10.2 Å². The molecule has 1 aliphatic rings. The molecule has 1 atom stereocenters. The molecule has 1 fully saturated rings. The molecule has 0 bridgehead atoms. The van der Waals surface area contributed by atoms with E-state index >= 15 is 0 Å². The first-order valence-electron chi connectivity index (χ1n) is 7.59. The van der Waals surface area contributed by atoms with Gasteiger partial charge in [0, 0.05) is 16.0 Å². The number of aliphatic hydroxyl groups is 2. The normalized spacial score (nSPS) is 21.2. The molecule has 0 aromatic heterocycles. The van der Waals surface area contributed by atoms with E-state index < -0.39 is 6.10 Å². The molecular formula is C17H26ClNO2. The van der Waals surface area contributed by atoms with Crippen LogP contribution in [-0.2, 0) is 5.41 Å². The van der Waals surface area contributed by atoms with Crippen LogP contribution >= 0.6 is 11.6 Å². The van der Waals surface area contributed by atoms with Gasteiger partial charge in [-0.1, -0.05) is 23.7 Å². The summed E-state index contributed by atoms with van der Waals surface area (Å²) in [6, 6.07) is 7.68. The second kappa shape index (κ2) is 6.25. The third kappa shape index (κ3) is 3.42. The summed E-state index contributed by atoms with van der Waals surface area (Å²) in [6.07, 6.45) is 0.946. The van der Waals surface area contributed by atoms with Crippen LogP contribution in [0.15, 0.2) is 24.3 Å². The van der Waals surface area contributed by atoms with Crippen molar-refractivity contribution in [2.75, 3.05) is 19.7 Å². The molecule has 1 unspecified atom stereocenters. The largest absolute Gasteiger partial charge is 0.394 e. The topological polar surface area (TPSA) is 43.7 Å². The van der Waals surface area contributed by atoms with Gasteiger partial charge < -0.3 is 10.2 Å². The molecule has 0 radical (unpaired) electrons. The standard InChI is InChI=1S/C17H26ClNO2/c1-16(2,3)19-10-8-17(9-11-19,15(21)12-20)13-4-6-14(18)7-5-13/h4-7,15,20-21H,8-12H2,1-3H3. The molecule has 21 heavy (non-hydrogen) atoms. The lowest BCUT2D eigenvalue weighted by Crippen LogP contribution is -2.54. The molecule has 4 heteroatoms. The Hall–Kier alpha value is -0.610. The monoisotopic (exact) mass is 311 g/mol. The molecule has 1 saturated heterocycles. The van der Waals surface area contributed by atoms with Crippen LogP contribution in [0.2, 0.25) is 5.02 Å². The van der Waals surface area contributed by atoms with Gasteiger partial charge in [-0.25, -0.2) is 0 Å². The fourth-order valence-corrected chi connectivity index (χ4v) is 3.47. The summed E-state index contributed by atoms with van der Waals surface area (Å²) in [5.41, 5.74) is 0.833. The van der Waals surface area contributed by atoms with Gasteiger partial charge in [-0.3, -0.25) is 4.90 Å². The van der Waals surface area contributed by atoms with E-state index in [-0.39, 0.29) is 17.6 Å². The van der Waals surface area contributed by atoms with Gasteiger partial charge >= 0.3 is 0 Å². The maximum absolute atomic E-state index is 10.4. The van der Waals surface area contributed by atoms with Crippen molar-refractivity contribution in [3.05, 3.63) is 34.9 Å². The number of halogens is 1. The number of hydrogen-bond donors (Lipinski definition) is 2. The Morgan fingerprint density at radius 2 is 1.71 bits per heavy atom. The van der Waals surface area contributed by atoms with Crippen LogP contribution in [0.1, 0.15) is 39.2 Å². The molecule has 1 heterocycles. The highest BCUT2D eigenvalue weighted by molar-refractivity contribution is 6.30. The molecule has 2 rings (SSSR count). The lowest BCUT2D eigenvalue weighted by Gasteiger charge is -2.48. The molecule has 1 aliphatic heterocycles. The Morgan fingerprint density at radius 3 is 2.14 bits per heavy atom. The van der Waals surface area contributed by atoms with Crippen LogP contribution in [0.3, 0.4) is 0 Å². The number of hydrogen-bond acceptors (Lipinski definition) is 3. The fourth-order valence-electron chi connectivity index (χ4n) is 3.35. The maximum atomic E-state index is 10.4. The first-order chi connectivity index (χ1) is 9.79. The molecule has 0 spiro atoms. The van der Waals surface area contributed by atoms with Crippen LogP contribution in [0.25, 0.3) is 0 Å². The van der Waals surface area contributed by atoms with Crippen LogP contribution in [0.5, 0.6) is 0 Å². The van der Waals surface area contributed by atoms with Crippen LogP contribution in [0, 0.1) is 0 Å². The number of benzene rings is 1. The molecule has 1 aromatic rings. The van der Waals surface area contributed by atoms with Crippen molar-refractivity contribution in [1.29, 1.82) is 0 Å². The Balaban J connectivity index is 2.27. The van der Waals surface area contributed by atoms with Crippen LogP contribution in [-0.4, -0.2) is 46.5 Å². The number of likely N-dealkylation sites (tertiary alicyclic amines) is 1. The quantitative estimate of drug-likeness (QED) is 0.902. The Labute approximate surface area is 132 Å². The summed E-state index contributed by atoms with van der Waals surface area (Å²) in [6.45, 7) is 8.27. The highest BCUT2D eigenvalue weighted by Gasteiger charge is 2.43. The third-order valence-electron chi connectivity index (χ3n) is 4.83. The lowest BCUT2D eigenvalue weighted by molar-refractivity contribution is -0.0208. The summed E-state index contributed by atoms with van der Waals surface area (Å²) < 4.78 is 0. The van der Waals surface area contributed by atoms with E-state index in [4.69, 9.17) is 11.6 Å². The van der Waals surface area contributed by atoms with E-state index in [1.54, 1.807) is 0 Å². The van der Waals surface area contributed by atoms with Crippen molar-refractivity contribution in [1.82, 2.24) is 4.90 Å². The number of rotatable bonds is 3. The zero-order chi connectivity index (χ0) is 15.7. The molecule has 0 aliphatic carbocycles. The van der Waals surface area contributed by atoms with Crippen molar-refractivity contribution < 1.29 is 10.2 Å². The minimum atomic E-state index is -0.735. The number of nitrogens with zero attached hydrogens (tertiary/aromatic N) is 1. The Bertz CT molecular complexity index is 459. The van der Waals surface area contributed by atoms with Gasteiger partial charge in [-0.05, 0) is 64.4 Å². The van der Waals surface area contributed by atoms with E-state index in [1.165, 1.54) is 0 Å². The minimum absolute atomic E-state index is 0.135. The minimum Gasteiger partial charge on any atom is -0.394 e. The zero-order valence-electron chi connectivity index (χ0n) is 13.1. The van der Waals surface area contributed by atoms with E-state index in [0.29, 0.717) is 5.02 Å². The molecule has 0 saturated carbocycles. The summed E-state index contributed by atoms with van der Waals surface area (Å²) in [5, 5.41) is 20.6. The van der Waals surface area contributed by atoms with Crippen molar-refractivity contribution in [3.63, 3.8) is 0 Å². The first kappa shape index (κ1) is 16.8. The molecule has 2 N–H and O–H groups in total. The van der Waals surface area contributed by atoms with Crippen molar-refractivity contribution in [2.24, 2.45) is 0 Å². The number of aliphatic hydroxyl groups excluding tert-OH is 2.